The normalized spacial score (nSPS) is 11.6. The van der Waals surface area contributed by atoms with E-state index in [0.717, 1.165) is 11.3 Å². The summed E-state index contributed by atoms with van der Waals surface area (Å²) in [6.45, 7) is 4.45. The molecular weight excluding hydrogens is 396 g/mol. The van der Waals surface area contributed by atoms with Gasteiger partial charge in [-0.2, -0.15) is 4.98 Å². The topological polar surface area (TPSA) is 103 Å². The summed E-state index contributed by atoms with van der Waals surface area (Å²) in [7, 11) is 1.62. The number of rotatable bonds is 6. The van der Waals surface area contributed by atoms with Crippen LogP contribution < -0.4 is 15.9 Å². The number of methoxy groups -OCH3 is 1. The first kappa shape index (κ1) is 20.3. The number of aromatic amines is 1. The van der Waals surface area contributed by atoms with Gasteiger partial charge in [-0.1, -0.05) is 31.1 Å². The Morgan fingerprint density at radius 2 is 1.90 bits per heavy atom. The highest BCUT2D eigenvalue weighted by Crippen LogP contribution is 2.21. The number of aromatic nitrogens is 4. The summed E-state index contributed by atoms with van der Waals surface area (Å²) < 4.78 is 12.0. The van der Waals surface area contributed by atoms with Crippen LogP contribution in [0.15, 0.2) is 56.6 Å². The van der Waals surface area contributed by atoms with Gasteiger partial charge in [0, 0.05) is 18.2 Å². The highest BCUT2D eigenvalue weighted by atomic mass is 16.5. The molecule has 4 aromatic rings. The zero-order chi connectivity index (χ0) is 22.0. The molecule has 0 fully saturated rings. The number of hydrogen-bond donors (Lipinski definition) is 1. The Balaban J connectivity index is 1.64. The molecule has 31 heavy (non-hydrogen) atoms. The molecule has 0 saturated heterocycles. The molecule has 0 spiro atoms. The van der Waals surface area contributed by atoms with Crippen molar-refractivity contribution in [2.45, 2.75) is 20.4 Å². The number of nitrogens with zero attached hydrogens (tertiary/aromatic N) is 3. The van der Waals surface area contributed by atoms with Gasteiger partial charge in [0.15, 0.2) is 0 Å². The number of benzene rings is 2. The summed E-state index contributed by atoms with van der Waals surface area (Å²) in [6, 6.07) is 12.9. The number of H-pyrrole nitrogens is 1. The van der Waals surface area contributed by atoms with Crippen LogP contribution in [-0.4, -0.2) is 26.8 Å². The molecule has 0 bridgehead atoms. The molecule has 158 valence electrons. The molecule has 0 amide bonds. The minimum absolute atomic E-state index is 0.222. The lowest BCUT2D eigenvalue weighted by atomic mass is 10.1. The molecule has 0 unspecified atom stereocenters. The van der Waals surface area contributed by atoms with Crippen LogP contribution in [0.2, 0.25) is 0 Å². The van der Waals surface area contributed by atoms with Crippen molar-refractivity contribution in [3.8, 4) is 17.1 Å². The molecule has 4 rings (SSSR count). The first-order valence-corrected chi connectivity index (χ1v) is 9.87. The van der Waals surface area contributed by atoms with Crippen molar-refractivity contribution in [1.29, 1.82) is 0 Å². The van der Waals surface area contributed by atoms with Crippen LogP contribution in [0.5, 0.6) is 5.75 Å². The molecule has 8 heteroatoms. The Hall–Kier alpha value is -3.94. The van der Waals surface area contributed by atoms with Crippen molar-refractivity contribution in [2.24, 2.45) is 5.92 Å². The monoisotopic (exact) mass is 418 g/mol. The maximum absolute atomic E-state index is 12.3. The first-order chi connectivity index (χ1) is 14.9. The zero-order valence-corrected chi connectivity index (χ0v) is 17.5. The third-order valence-corrected chi connectivity index (χ3v) is 4.76. The second-order valence-corrected chi connectivity index (χ2v) is 7.56. The molecule has 0 atom stereocenters. The summed E-state index contributed by atoms with van der Waals surface area (Å²) in [5, 5.41) is 4.03. The van der Waals surface area contributed by atoms with Crippen molar-refractivity contribution in [1.82, 2.24) is 19.7 Å². The van der Waals surface area contributed by atoms with E-state index in [-0.39, 0.29) is 5.92 Å². The van der Waals surface area contributed by atoms with E-state index in [9.17, 15) is 9.59 Å². The summed E-state index contributed by atoms with van der Waals surface area (Å²) in [4.78, 5) is 31.4. The minimum Gasteiger partial charge on any atom is -0.497 e. The summed E-state index contributed by atoms with van der Waals surface area (Å²) in [5.74, 6) is 1.74. The van der Waals surface area contributed by atoms with Gasteiger partial charge in [-0.15, -0.1) is 0 Å². The van der Waals surface area contributed by atoms with Crippen LogP contribution in [-0.2, 0) is 6.54 Å². The second kappa shape index (κ2) is 8.43. The van der Waals surface area contributed by atoms with Gasteiger partial charge in [0.2, 0.25) is 5.82 Å². The fourth-order valence-electron chi connectivity index (χ4n) is 3.27. The quantitative estimate of drug-likeness (QED) is 0.480. The Labute approximate surface area is 177 Å². The highest BCUT2D eigenvalue weighted by Gasteiger charge is 2.12. The summed E-state index contributed by atoms with van der Waals surface area (Å²) in [5.41, 5.74) is 1.63. The maximum atomic E-state index is 12.3. The SMILES string of the molecule is COc1ccc(/C=C/c2nc(-c3ccc4c(c3)[nH]c(=O)c(=O)n4CC(C)C)no2)cc1. The molecule has 0 aliphatic carbocycles. The standard InChI is InChI=1S/C23H22N4O4/c1-14(2)13-27-19-10-7-16(12-18(19)24-22(28)23(27)29)21-25-20(31-26-21)11-6-15-4-8-17(30-3)9-5-15/h4-12,14H,13H2,1-3H3,(H,24,28)/b11-6+. The summed E-state index contributed by atoms with van der Waals surface area (Å²) in [6.07, 6.45) is 3.58. The van der Waals surface area contributed by atoms with E-state index in [1.54, 1.807) is 31.4 Å². The average Bonchev–Trinajstić information content (AvgIpc) is 3.24. The molecule has 0 radical (unpaired) electrons. The van der Waals surface area contributed by atoms with Crippen molar-refractivity contribution in [2.75, 3.05) is 7.11 Å². The third-order valence-electron chi connectivity index (χ3n) is 4.76. The van der Waals surface area contributed by atoms with Crippen LogP contribution in [0.3, 0.4) is 0 Å². The van der Waals surface area contributed by atoms with Gasteiger partial charge in [-0.05, 0) is 47.9 Å². The van der Waals surface area contributed by atoms with E-state index in [0.29, 0.717) is 34.9 Å². The van der Waals surface area contributed by atoms with Gasteiger partial charge in [-0.3, -0.25) is 9.59 Å². The fourth-order valence-corrected chi connectivity index (χ4v) is 3.27. The average molecular weight is 418 g/mol. The zero-order valence-electron chi connectivity index (χ0n) is 17.5. The van der Waals surface area contributed by atoms with E-state index in [1.807, 2.05) is 44.2 Å². The molecule has 2 aromatic heterocycles. The summed E-state index contributed by atoms with van der Waals surface area (Å²) >= 11 is 0. The van der Waals surface area contributed by atoms with Crippen molar-refractivity contribution in [3.63, 3.8) is 0 Å². The van der Waals surface area contributed by atoms with Crippen LogP contribution >= 0.6 is 0 Å². The van der Waals surface area contributed by atoms with Gasteiger partial charge in [0.25, 0.3) is 5.89 Å². The molecular formula is C23H22N4O4. The fraction of sp³-hybridized carbons (Fsp3) is 0.217. The van der Waals surface area contributed by atoms with E-state index in [1.165, 1.54) is 4.57 Å². The lowest BCUT2D eigenvalue weighted by Gasteiger charge is -2.12. The molecule has 2 heterocycles. The van der Waals surface area contributed by atoms with Gasteiger partial charge in [-0.25, -0.2) is 0 Å². The lowest BCUT2D eigenvalue weighted by molar-refractivity contribution is 0.411. The van der Waals surface area contributed by atoms with Crippen LogP contribution in [0.4, 0.5) is 0 Å². The van der Waals surface area contributed by atoms with Crippen molar-refractivity contribution >= 4 is 23.2 Å². The lowest BCUT2D eigenvalue weighted by Crippen LogP contribution is -2.37. The van der Waals surface area contributed by atoms with E-state index >= 15 is 0 Å². The Kier molecular flexibility index (Phi) is 5.53. The number of ether oxygens (including phenoxy) is 1. The van der Waals surface area contributed by atoms with Gasteiger partial charge < -0.3 is 18.8 Å². The maximum Gasteiger partial charge on any atom is 0.316 e. The predicted octanol–water partition coefficient (Wildman–Crippen LogP) is 3.57. The van der Waals surface area contributed by atoms with E-state index in [4.69, 9.17) is 9.26 Å². The van der Waals surface area contributed by atoms with E-state index in [2.05, 4.69) is 15.1 Å². The Morgan fingerprint density at radius 1 is 1.13 bits per heavy atom. The van der Waals surface area contributed by atoms with Gasteiger partial charge in [0.05, 0.1) is 18.1 Å². The van der Waals surface area contributed by atoms with Crippen LogP contribution in [0.1, 0.15) is 25.3 Å². The molecule has 0 saturated carbocycles. The number of nitrogens with one attached hydrogen (secondary N) is 1. The molecule has 0 aliphatic rings. The molecule has 2 aromatic carbocycles. The van der Waals surface area contributed by atoms with Gasteiger partial charge in [0.1, 0.15) is 5.75 Å². The van der Waals surface area contributed by atoms with Crippen LogP contribution in [0, 0.1) is 5.92 Å². The minimum atomic E-state index is -0.651. The molecule has 1 N–H and O–H groups in total. The highest BCUT2D eigenvalue weighted by molar-refractivity contribution is 5.80. The smallest absolute Gasteiger partial charge is 0.316 e. The van der Waals surface area contributed by atoms with E-state index < -0.39 is 11.1 Å². The van der Waals surface area contributed by atoms with Crippen molar-refractivity contribution < 1.29 is 9.26 Å². The number of fused-ring (bicyclic) bond motifs is 1. The Bertz CT molecular complexity index is 1360. The molecule has 8 nitrogen and oxygen atoms in total. The Morgan fingerprint density at radius 3 is 2.61 bits per heavy atom. The van der Waals surface area contributed by atoms with Gasteiger partial charge >= 0.3 is 11.1 Å². The molecule has 0 aliphatic heterocycles. The number of hydrogen-bond acceptors (Lipinski definition) is 6. The largest absolute Gasteiger partial charge is 0.497 e. The second-order valence-electron chi connectivity index (χ2n) is 7.56. The van der Waals surface area contributed by atoms with Crippen LogP contribution in [0.25, 0.3) is 34.6 Å². The third kappa shape index (κ3) is 4.32. The van der Waals surface area contributed by atoms with Crippen molar-refractivity contribution in [3.05, 3.63) is 74.6 Å². The first-order valence-electron chi connectivity index (χ1n) is 9.87. The predicted molar refractivity (Wildman–Crippen MR) is 119 cm³/mol.